The minimum atomic E-state index is 0.547. The molecule has 12 rings (SSSR count). The number of para-hydroxylation sites is 4. The Morgan fingerprint density at radius 1 is 0.333 bits per heavy atom. The Hall–Kier alpha value is -7.83. The zero-order chi connectivity index (χ0) is 37.5. The third kappa shape index (κ3) is 5.01. The van der Waals surface area contributed by atoms with Crippen LogP contribution in [0.15, 0.2) is 191 Å². The molecule has 12 aromatic rings. The first-order chi connectivity index (χ1) is 28.2. The van der Waals surface area contributed by atoms with Gasteiger partial charge in [0.1, 0.15) is 22.3 Å². The van der Waals surface area contributed by atoms with Crippen molar-refractivity contribution in [2.75, 3.05) is 0 Å². The minimum absolute atomic E-state index is 0.547. The fourth-order valence-electron chi connectivity index (χ4n) is 8.37. The van der Waals surface area contributed by atoms with Gasteiger partial charge in [0.25, 0.3) is 0 Å². The van der Waals surface area contributed by atoms with E-state index < -0.39 is 0 Å². The van der Waals surface area contributed by atoms with Crippen LogP contribution in [0.25, 0.3) is 117 Å². The lowest BCUT2D eigenvalue weighted by Crippen LogP contribution is -2.00. The fraction of sp³-hybridized carbons (Fsp3) is 0. The van der Waals surface area contributed by atoms with E-state index in [1.54, 1.807) is 0 Å². The van der Waals surface area contributed by atoms with Crippen LogP contribution < -0.4 is 0 Å². The highest BCUT2D eigenvalue weighted by molar-refractivity contribution is 6.12. The second kappa shape index (κ2) is 12.3. The van der Waals surface area contributed by atoms with E-state index in [1.807, 2.05) is 72.8 Å². The number of furan rings is 2. The van der Waals surface area contributed by atoms with E-state index in [-0.39, 0.29) is 0 Å². The van der Waals surface area contributed by atoms with Crippen molar-refractivity contribution < 1.29 is 8.83 Å². The monoisotopic (exact) mass is 730 g/mol. The van der Waals surface area contributed by atoms with Gasteiger partial charge < -0.3 is 13.4 Å². The lowest BCUT2D eigenvalue weighted by Gasteiger charge is -2.09. The molecule has 0 aliphatic carbocycles. The van der Waals surface area contributed by atoms with Crippen LogP contribution in [0.4, 0.5) is 0 Å². The fourth-order valence-corrected chi connectivity index (χ4v) is 8.37. The Morgan fingerprint density at radius 3 is 1.74 bits per heavy atom. The van der Waals surface area contributed by atoms with Gasteiger partial charge in [-0.2, -0.15) is 0 Å². The van der Waals surface area contributed by atoms with Gasteiger partial charge in [0, 0.05) is 49.1 Å². The molecule has 4 heterocycles. The Balaban J connectivity index is 1.02. The Bertz CT molecular complexity index is 3530. The summed E-state index contributed by atoms with van der Waals surface area (Å²) in [6, 6.07) is 62.8. The molecule has 0 spiro atoms. The molecule has 0 unspecified atom stereocenters. The number of benzene rings is 8. The smallest absolute Gasteiger partial charge is 0.167 e. The Morgan fingerprint density at radius 2 is 0.912 bits per heavy atom. The predicted octanol–water partition coefficient (Wildman–Crippen LogP) is 13.4. The molecule has 4 aromatic heterocycles. The van der Waals surface area contributed by atoms with Crippen LogP contribution in [0, 0.1) is 0 Å². The second-order valence-electron chi connectivity index (χ2n) is 14.4. The van der Waals surface area contributed by atoms with Gasteiger partial charge in [-0.25, -0.2) is 15.0 Å². The maximum Gasteiger partial charge on any atom is 0.167 e. The van der Waals surface area contributed by atoms with Gasteiger partial charge in [-0.3, -0.25) is 0 Å². The van der Waals surface area contributed by atoms with Crippen molar-refractivity contribution in [1.82, 2.24) is 19.5 Å². The van der Waals surface area contributed by atoms with Crippen molar-refractivity contribution in [2.24, 2.45) is 0 Å². The van der Waals surface area contributed by atoms with Crippen LogP contribution in [0.1, 0.15) is 0 Å². The van der Waals surface area contributed by atoms with E-state index in [0.717, 1.165) is 82.9 Å². The first kappa shape index (κ1) is 31.5. The molecule has 0 aliphatic rings. The topological polar surface area (TPSA) is 69.9 Å². The van der Waals surface area contributed by atoms with Gasteiger partial charge in [0.2, 0.25) is 0 Å². The summed E-state index contributed by atoms with van der Waals surface area (Å²) in [4.78, 5) is 15.2. The Labute approximate surface area is 325 Å². The van der Waals surface area contributed by atoms with Crippen LogP contribution in [-0.4, -0.2) is 19.5 Å². The molecular weight excluding hydrogens is 701 g/mol. The zero-order valence-corrected chi connectivity index (χ0v) is 30.4. The minimum Gasteiger partial charge on any atom is -0.456 e. The summed E-state index contributed by atoms with van der Waals surface area (Å²) in [6.07, 6.45) is 0. The number of hydrogen-bond acceptors (Lipinski definition) is 5. The van der Waals surface area contributed by atoms with Crippen molar-refractivity contribution in [3.63, 3.8) is 0 Å². The number of rotatable bonds is 5. The van der Waals surface area contributed by atoms with Crippen LogP contribution in [0.5, 0.6) is 0 Å². The summed E-state index contributed by atoms with van der Waals surface area (Å²) in [5.74, 6) is 1.70. The molecule has 0 radical (unpaired) electrons. The van der Waals surface area contributed by atoms with Gasteiger partial charge in [0.15, 0.2) is 17.5 Å². The predicted molar refractivity (Wildman–Crippen MR) is 230 cm³/mol. The van der Waals surface area contributed by atoms with Crippen molar-refractivity contribution in [1.29, 1.82) is 0 Å². The molecule has 0 amide bonds. The van der Waals surface area contributed by atoms with E-state index in [0.29, 0.717) is 17.5 Å². The molecule has 8 aromatic carbocycles. The standard InChI is InChI=1S/C51H30N4O2/c1-3-12-31(13-4-1)49-52-50(54-51(53-49)40-19-11-18-39-38-17-8-10-21-45(38)57-48(39)40)34-24-27-47-42(29-34)41-28-32(23-26-46(41)56-47)33-22-25-37-36-16-7-9-20-43(36)55(44(37)30-33)35-14-5-2-6-15-35/h1-30H. The highest BCUT2D eigenvalue weighted by Crippen LogP contribution is 2.39. The van der Waals surface area contributed by atoms with Gasteiger partial charge in [-0.05, 0) is 77.9 Å². The molecule has 6 heteroatoms. The summed E-state index contributed by atoms with van der Waals surface area (Å²) in [7, 11) is 0. The quantitative estimate of drug-likeness (QED) is 0.176. The molecule has 0 bridgehead atoms. The summed E-state index contributed by atoms with van der Waals surface area (Å²) in [5.41, 5.74) is 11.5. The summed E-state index contributed by atoms with van der Waals surface area (Å²) in [5, 5.41) is 6.55. The van der Waals surface area contributed by atoms with Crippen LogP contribution in [-0.2, 0) is 0 Å². The van der Waals surface area contributed by atoms with E-state index in [2.05, 4.69) is 114 Å². The first-order valence-electron chi connectivity index (χ1n) is 19.0. The number of aromatic nitrogens is 4. The SMILES string of the molecule is c1ccc(-c2nc(-c3ccc4oc5ccc(-c6ccc7c8ccccc8n(-c8ccccc8)c7c6)cc5c4c3)nc(-c3cccc4c3oc3ccccc34)n2)cc1. The van der Waals surface area contributed by atoms with Crippen LogP contribution in [0.2, 0.25) is 0 Å². The van der Waals surface area contributed by atoms with Crippen molar-refractivity contribution >= 4 is 65.7 Å². The number of nitrogens with zero attached hydrogens (tertiary/aromatic N) is 4. The molecule has 0 saturated heterocycles. The highest BCUT2D eigenvalue weighted by Gasteiger charge is 2.19. The molecule has 0 aliphatic heterocycles. The largest absolute Gasteiger partial charge is 0.456 e. The van der Waals surface area contributed by atoms with Gasteiger partial charge in [0.05, 0.1) is 16.6 Å². The Kier molecular flexibility index (Phi) is 6.83. The van der Waals surface area contributed by atoms with E-state index >= 15 is 0 Å². The average Bonchev–Trinajstić information content (AvgIpc) is 3.95. The highest BCUT2D eigenvalue weighted by atomic mass is 16.3. The number of hydrogen-bond donors (Lipinski definition) is 0. The summed E-state index contributed by atoms with van der Waals surface area (Å²) in [6.45, 7) is 0. The van der Waals surface area contributed by atoms with Gasteiger partial charge in [-0.1, -0.05) is 115 Å². The molecule has 6 nitrogen and oxygen atoms in total. The van der Waals surface area contributed by atoms with Crippen molar-refractivity contribution in [2.45, 2.75) is 0 Å². The first-order valence-corrected chi connectivity index (χ1v) is 19.0. The maximum absolute atomic E-state index is 6.43. The molecule has 266 valence electrons. The summed E-state index contributed by atoms with van der Waals surface area (Å²) >= 11 is 0. The van der Waals surface area contributed by atoms with Crippen molar-refractivity contribution in [3.8, 4) is 51.0 Å². The van der Waals surface area contributed by atoms with E-state index in [9.17, 15) is 0 Å². The number of fused-ring (bicyclic) bond motifs is 9. The molecule has 0 N–H and O–H groups in total. The maximum atomic E-state index is 6.43. The zero-order valence-electron chi connectivity index (χ0n) is 30.4. The van der Waals surface area contributed by atoms with Crippen LogP contribution in [0.3, 0.4) is 0 Å². The molecule has 0 atom stereocenters. The van der Waals surface area contributed by atoms with Crippen LogP contribution >= 0.6 is 0 Å². The third-order valence-electron chi connectivity index (χ3n) is 11.1. The molecular formula is C51H30N4O2. The lowest BCUT2D eigenvalue weighted by atomic mass is 10.0. The van der Waals surface area contributed by atoms with E-state index in [4.69, 9.17) is 23.8 Å². The normalized spacial score (nSPS) is 11.9. The summed E-state index contributed by atoms with van der Waals surface area (Å²) < 4.78 is 15.2. The molecule has 0 saturated carbocycles. The average molecular weight is 731 g/mol. The van der Waals surface area contributed by atoms with Gasteiger partial charge in [-0.15, -0.1) is 0 Å². The second-order valence-corrected chi connectivity index (χ2v) is 14.4. The molecule has 57 heavy (non-hydrogen) atoms. The van der Waals surface area contributed by atoms with Gasteiger partial charge >= 0.3 is 0 Å². The molecule has 0 fully saturated rings. The van der Waals surface area contributed by atoms with Crippen molar-refractivity contribution in [3.05, 3.63) is 182 Å². The third-order valence-corrected chi connectivity index (χ3v) is 11.1. The van der Waals surface area contributed by atoms with E-state index in [1.165, 1.54) is 16.3 Å². The lowest BCUT2D eigenvalue weighted by molar-refractivity contribution is 0.669.